The van der Waals surface area contributed by atoms with Crippen molar-refractivity contribution in [2.75, 3.05) is 19.5 Å². The molecule has 0 radical (unpaired) electrons. The Labute approximate surface area is 112 Å². The van der Waals surface area contributed by atoms with Crippen LogP contribution >= 0.6 is 0 Å². The monoisotopic (exact) mass is 259 g/mol. The van der Waals surface area contributed by atoms with Crippen molar-refractivity contribution < 1.29 is 9.47 Å². The minimum absolute atomic E-state index is 0.671. The van der Waals surface area contributed by atoms with Gasteiger partial charge in [0.1, 0.15) is 11.5 Å². The number of ether oxygens (including phenoxy) is 2. The number of nitrogens with one attached hydrogen (secondary N) is 1. The van der Waals surface area contributed by atoms with E-state index in [1.807, 2.05) is 24.4 Å². The van der Waals surface area contributed by atoms with Gasteiger partial charge in [-0.1, -0.05) is 6.58 Å². The van der Waals surface area contributed by atoms with Crippen LogP contribution in [0.5, 0.6) is 11.5 Å². The standard InChI is InChI=1S/C14H17N3O2/c1-4-17-10-11(9-16-17)8-15-12-5-13(18-2)7-14(6-12)19-3/h4-7,9-10,15H,1,8H2,2-3H3. The Morgan fingerprint density at radius 1 is 1.26 bits per heavy atom. The summed E-state index contributed by atoms with van der Waals surface area (Å²) in [7, 11) is 3.26. The number of methoxy groups -OCH3 is 2. The van der Waals surface area contributed by atoms with Crippen molar-refractivity contribution in [3.8, 4) is 11.5 Å². The van der Waals surface area contributed by atoms with Crippen molar-refractivity contribution in [2.24, 2.45) is 0 Å². The van der Waals surface area contributed by atoms with Crippen molar-refractivity contribution in [3.05, 3.63) is 42.7 Å². The first-order chi connectivity index (χ1) is 9.25. The molecule has 5 nitrogen and oxygen atoms in total. The largest absolute Gasteiger partial charge is 0.497 e. The van der Waals surface area contributed by atoms with Crippen LogP contribution in [0.3, 0.4) is 0 Å². The molecule has 0 saturated carbocycles. The van der Waals surface area contributed by atoms with Crippen molar-refractivity contribution in [3.63, 3.8) is 0 Å². The summed E-state index contributed by atoms with van der Waals surface area (Å²) in [6, 6.07) is 5.67. The minimum atomic E-state index is 0.671. The van der Waals surface area contributed by atoms with Crippen LogP contribution < -0.4 is 14.8 Å². The van der Waals surface area contributed by atoms with Gasteiger partial charge in [-0.15, -0.1) is 0 Å². The van der Waals surface area contributed by atoms with E-state index in [-0.39, 0.29) is 0 Å². The Balaban J connectivity index is 2.07. The molecule has 2 rings (SSSR count). The van der Waals surface area contributed by atoms with Crippen LogP contribution in [0.25, 0.3) is 6.20 Å². The Kier molecular flexibility index (Phi) is 4.07. The lowest BCUT2D eigenvalue weighted by Gasteiger charge is -2.09. The maximum absolute atomic E-state index is 5.22. The van der Waals surface area contributed by atoms with Crippen LogP contribution in [0.2, 0.25) is 0 Å². The van der Waals surface area contributed by atoms with E-state index in [0.29, 0.717) is 6.54 Å². The molecule has 0 amide bonds. The fourth-order valence-electron chi connectivity index (χ4n) is 1.68. The molecule has 0 aliphatic rings. The lowest BCUT2D eigenvalue weighted by molar-refractivity contribution is 0.394. The normalized spacial score (nSPS) is 10.0. The SMILES string of the molecule is C=Cn1cc(CNc2cc(OC)cc(OC)c2)cn1. The zero-order valence-electron chi connectivity index (χ0n) is 11.1. The topological polar surface area (TPSA) is 48.3 Å². The molecule has 1 aromatic heterocycles. The summed E-state index contributed by atoms with van der Waals surface area (Å²) in [5.74, 6) is 1.51. The highest BCUT2D eigenvalue weighted by Crippen LogP contribution is 2.26. The quantitative estimate of drug-likeness (QED) is 0.866. The van der Waals surface area contributed by atoms with Gasteiger partial charge in [-0.25, -0.2) is 4.68 Å². The summed E-state index contributed by atoms with van der Waals surface area (Å²) in [5.41, 5.74) is 2.00. The van der Waals surface area contributed by atoms with E-state index in [0.717, 1.165) is 22.7 Å². The summed E-state index contributed by atoms with van der Waals surface area (Å²) in [6.45, 7) is 4.33. The van der Waals surface area contributed by atoms with Crippen LogP contribution in [-0.4, -0.2) is 24.0 Å². The van der Waals surface area contributed by atoms with Gasteiger partial charge in [-0.05, 0) is 0 Å². The smallest absolute Gasteiger partial charge is 0.124 e. The van der Waals surface area contributed by atoms with Gasteiger partial charge in [-0.3, -0.25) is 0 Å². The van der Waals surface area contributed by atoms with E-state index in [9.17, 15) is 0 Å². The molecular formula is C14H17N3O2. The van der Waals surface area contributed by atoms with Crippen LogP contribution in [-0.2, 0) is 6.54 Å². The van der Waals surface area contributed by atoms with Gasteiger partial charge < -0.3 is 14.8 Å². The van der Waals surface area contributed by atoms with Gasteiger partial charge in [0.05, 0.1) is 20.4 Å². The fraction of sp³-hybridized carbons (Fsp3) is 0.214. The van der Waals surface area contributed by atoms with Crippen LogP contribution in [0, 0.1) is 0 Å². The molecule has 0 saturated heterocycles. The van der Waals surface area contributed by atoms with E-state index >= 15 is 0 Å². The molecule has 0 spiro atoms. The predicted molar refractivity (Wildman–Crippen MR) is 75.5 cm³/mol. The first kappa shape index (κ1) is 13.0. The number of rotatable bonds is 6. The Morgan fingerprint density at radius 2 is 1.95 bits per heavy atom. The maximum atomic E-state index is 5.22. The number of hydrogen-bond acceptors (Lipinski definition) is 4. The highest BCUT2D eigenvalue weighted by atomic mass is 16.5. The molecule has 1 heterocycles. The number of benzene rings is 1. The predicted octanol–water partition coefficient (Wildman–Crippen LogP) is 2.61. The van der Waals surface area contributed by atoms with Gasteiger partial charge in [0.2, 0.25) is 0 Å². The molecule has 100 valence electrons. The van der Waals surface area contributed by atoms with Gasteiger partial charge in [0, 0.05) is 48.4 Å². The second-order valence-corrected chi connectivity index (χ2v) is 3.97. The van der Waals surface area contributed by atoms with Crippen LogP contribution in [0.1, 0.15) is 5.56 Å². The third-order valence-corrected chi connectivity index (χ3v) is 2.69. The molecule has 0 unspecified atom stereocenters. The molecule has 1 aromatic carbocycles. The maximum Gasteiger partial charge on any atom is 0.124 e. The Hall–Kier alpha value is -2.43. The molecule has 1 N–H and O–H groups in total. The van der Waals surface area contributed by atoms with Gasteiger partial charge in [0.15, 0.2) is 0 Å². The zero-order chi connectivity index (χ0) is 13.7. The Bertz CT molecular complexity index is 541. The highest BCUT2D eigenvalue weighted by molar-refractivity contribution is 5.53. The molecule has 5 heteroatoms. The summed E-state index contributed by atoms with van der Waals surface area (Å²) in [5, 5.41) is 7.42. The molecule has 0 fully saturated rings. The van der Waals surface area contributed by atoms with Crippen molar-refractivity contribution >= 4 is 11.9 Å². The van der Waals surface area contributed by atoms with Crippen molar-refractivity contribution in [1.82, 2.24) is 9.78 Å². The van der Waals surface area contributed by atoms with E-state index < -0.39 is 0 Å². The van der Waals surface area contributed by atoms with E-state index in [1.165, 1.54) is 0 Å². The summed E-state index contributed by atoms with van der Waals surface area (Å²) >= 11 is 0. The molecule has 0 aliphatic carbocycles. The van der Waals surface area contributed by atoms with Gasteiger partial charge in [0.25, 0.3) is 0 Å². The second-order valence-electron chi connectivity index (χ2n) is 3.97. The third kappa shape index (κ3) is 3.28. The van der Waals surface area contributed by atoms with Crippen molar-refractivity contribution in [1.29, 1.82) is 0 Å². The molecular weight excluding hydrogens is 242 g/mol. The number of hydrogen-bond donors (Lipinski definition) is 1. The molecule has 19 heavy (non-hydrogen) atoms. The fourth-order valence-corrected chi connectivity index (χ4v) is 1.68. The highest BCUT2D eigenvalue weighted by Gasteiger charge is 2.02. The van der Waals surface area contributed by atoms with E-state index in [4.69, 9.17) is 9.47 Å². The second kappa shape index (κ2) is 5.95. The van der Waals surface area contributed by atoms with Gasteiger partial charge in [-0.2, -0.15) is 5.10 Å². The summed E-state index contributed by atoms with van der Waals surface area (Å²) in [6.07, 6.45) is 5.36. The van der Waals surface area contributed by atoms with E-state index in [1.54, 1.807) is 31.3 Å². The summed E-state index contributed by atoms with van der Waals surface area (Å²) < 4.78 is 12.1. The van der Waals surface area contributed by atoms with Crippen LogP contribution in [0.4, 0.5) is 5.69 Å². The first-order valence-electron chi connectivity index (χ1n) is 5.87. The minimum Gasteiger partial charge on any atom is -0.497 e. The summed E-state index contributed by atoms with van der Waals surface area (Å²) in [4.78, 5) is 0. The number of nitrogens with zero attached hydrogens (tertiary/aromatic N) is 2. The third-order valence-electron chi connectivity index (χ3n) is 2.69. The lowest BCUT2D eigenvalue weighted by atomic mass is 10.2. The Morgan fingerprint density at radius 3 is 2.47 bits per heavy atom. The first-order valence-corrected chi connectivity index (χ1v) is 5.87. The molecule has 0 atom stereocenters. The number of anilines is 1. The van der Waals surface area contributed by atoms with Crippen molar-refractivity contribution in [2.45, 2.75) is 6.54 Å². The lowest BCUT2D eigenvalue weighted by Crippen LogP contribution is -1.99. The van der Waals surface area contributed by atoms with Gasteiger partial charge >= 0.3 is 0 Å². The van der Waals surface area contributed by atoms with E-state index in [2.05, 4.69) is 17.0 Å². The molecule has 2 aromatic rings. The molecule has 0 aliphatic heterocycles. The average molecular weight is 259 g/mol. The zero-order valence-corrected chi connectivity index (χ0v) is 11.1. The number of aromatic nitrogens is 2. The average Bonchev–Trinajstić information content (AvgIpc) is 2.92. The molecule has 0 bridgehead atoms. The van der Waals surface area contributed by atoms with Crippen LogP contribution in [0.15, 0.2) is 37.2 Å².